The van der Waals surface area contributed by atoms with Crippen LogP contribution in [0.2, 0.25) is 0 Å². The molecule has 0 atom stereocenters. The Hall–Kier alpha value is -2.55. The predicted octanol–water partition coefficient (Wildman–Crippen LogP) is 1.91. The summed E-state index contributed by atoms with van der Waals surface area (Å²) in [4.78, 5) is 23.8. The molecule has 6 nitrogen and oxygen atoms in total. The van der Waals surface area contributed by atoms with E-state index >= 15 is 0 Å². The lowest BCUT2D eigenvalue weighted by atomic mass is 9.87. The second kappa shape index (κ2) is 7.14. The molecule has 0 heterocycles. The first-order chi connectivity index (χ1) is 10.9. The Balaban J connectivity index is 1.81. The molecule has 6 heteroatoms. The molecule has 0 bridgehead atoms. The van der Waals surface area contributed by atoms with E-state index in [4.69, 9.17) is 4.74 Å². The summed E-state index contributed by atoms with van der Waals surface area (Å²) in [6, 6.07) is 7.76. The van der Waals surface area contributed by atoms with Gasteiger partial charge in [-0.15, -0.1) is 0 Å². The number of rotatable bonds is 4. The summed E-state index contributed by atoms with van der Waals surface area (Å²) in [5.41, 5.74) is 5.72. The molecule has 23 heavy (non-hydrogen) atoms. The summed E-state index contributed by atoms with van der Waals surface area (Å²) in [7, 11) is 0. The highest BCUT2D eigenvalue weighted by Crippen LogP contribution is 2.37. The molecule has 0 aliphatic heterocycles. The fourth-order valence-corrected chi connectivity index (χ4v) is 2.82. The number of nitrogens with zero attached hydrogens (tertiary/aromatic N) is 1. The second-order valence-electron chi connectivity index (χ2n) is 6.02. The molecule has 0 saturated heterocycles. The molecule has 122 valence electrons. The molecular weight excluding hydrogens is 294 g/mol. The van der Waals surface area contributed by atoms with E-state index in [1.807, 2.05) is 32.0 Å². The maximum absolute atomic E-state index is 12.1. The van der Waals surface area contributed by atoms with E-state index in [0.29, 0.717) is 18.6 Å². The van der Waals surface area contributed by atoms with Crippen LogP contribution < -0.4 is 15.6 Å². The maximum atomic E-state index is 12.1. The molecule has 1 aliphatic carbocycles. The molecule has 1 fully saturated rings. The van der Waals surface area contributed by atoms with Crippen molar-refractivity contribution in [2.45, 2.75) is 39.5 Å². The monoisotopic (exact) mass is 315 g/mol. The van der Waals surface area contributed by atoms with Gasteiger partial charge in [-0.3, -0.25) is 20.4 Å². The van der Waals surface area contributed by atoms with Crippen LogP contribution in [0.3, 0.4) is 0 Å². The van der Waals surface area contributed by atoms with Crippen molar-refractivity contribution in [2.24, 2.45) is 5.41 Å². The fourth-order valence-electron chi connectivity index (χ4n) is 2.82. The number of ether oxygens (including phenoxy) is 1. The second-order valence-corrected chi connectivity index (χ2v) is 6.02. The first-order valence-corrected chi connectivity index (χ1v) is 7.67. The number of hydrazine groups is 1. The van der Waals surface area contributed by atoms with Crippen LogP contribution in [0, 0.1) is 30.6 Å². The van der Waals surface area contributed by atoms with E-state index in [9.17, 15) is 14.9 Å². The van der Waals surface area contributed by atoms with Gasteiger partial charge in [0.25, 0.3) is 11.8 Å². The van der Waals surface area contributed by atoms with Crippen LogP contribution in [-0.2, 0) is 9.59 Å². The van der Waals surface area contributed by atoms with Crippen molar-refractivity contribution >= 4 is 11.8 Å². The smallest absolute Gasteiger partial charge is 0.276 e. The molecule has 2 N–H and O–H groups in total. The van der Waals surface area contributed by atoms with Crippen molar-refractivity contribution in [1.29, 1.82) is 5.26 Å². The van der Waals surface area contributed by atoms with E-state index in [0.717, 1.165) is 24.0 Å². The highest BCUT2D eigenvalue weighted by molar-refractivity contribution is 5.88. The van der Waals surface area contributed by atoms with Crippen molar-refractivity contribution in [2.75, 3.05) is 6.61 Å². The minimum atomic E-state index is -1.01. The molecule has 1 saturated carbocycles. The summed E-state index contributed by atoms with van der Waals surface area (Å²) >= 11 is 0. The molecule has 1 aliphatic rings. The van der Waals surface area contributed by atoms with Gasteiger partial charge in [0.15, 0.2) is 6.61 Å². The van der Waals surface area contributed by atoms with E-state index in [2.05, 4.69) is 16.9 Å². The molecule has 1 aromatic rings. The quantitative estimate of drug-likeness (QED) is 0.830. The van der Waals surface area contributed by atoms with Gasteiger partial charge in [-0.25, -0.2) is 0 Å². The maximum Gasteiger partial charge on any atom is 0.276 e. The minimum absolute atomic E-state index is 0.206. The highest BCUT2D eigenvalue weighted by atomic mass is 16.5. The van der Waals surface area contributed by atoms with Crippen molar-refractivity contribution in [3.63, 3.8) is 0 Å². The van der Waals surface area contributed by atoms with Crippen molar-refractivity contribution in [1.82, 2.24) is 10.9 Å². The molecule has 0 aromatic heterocycles. The normalized spacial score (nSPS) is 15.5. The van der Waals surface area contributed by atoms with Crippen LogP contribution in [0.25, 0.3) is 0 Å². The predicted molar refractivity (Wildman–Crippen MR) is 84.2 cm³/mol. The topological polar surface area (TPSA) is 91.2 Å². The average Bonchev–Trinajstić information content (AvgIpc) is 3.00. The largest absolute Gasteiger partial charge is 0.484 e. The van der Waals surface area contributed by atoms with Gasteiger partial charge in [0, 0.05) is 0 Å². The molecular formula is C17H21N3O3. The van der Waals surface area contributed by atoms with Gasteiger partial charge in [0.2, 0.25) is 0 Å². The fraction of sp³-hybridized carbons (Fsp3) is 0.471. The molecule has 2 rings (SSSR count). The van der Waals surface area contributed by atoms with Gasteiger partial charge in [0.1, 0.15) is 11.2 Å². The Labute approximate surface area is 135 Å². The van der Waals surface area contributed by atoms with E-state index < -0.39 is 17.2 Å². The first-order valence-electron chi connectivity index (χ1n) is 7.67. The Morgan fingerprint density at radius 2 is 1.78 bits per heavy atom. The number of hydrogen-bond acceptors (Lipinski definition) is 4. The van der Waals surface area contributed by atoms with Gasteiger partial charge >= 0.3 is 0 Å². The van der Waals surface area contributed by atoms with Gasteiger partial charge in [-0.1, -0.05) is 18.9 Å². The van der Waals surface area contributed by atoms with Gasteiger partial charge in [0.05, 0.1) is 6.07 Å². The third kappa shape index (κ3) is 4.22. The number of amides is 2. The van der Waals surface area contributed by atoms with E-state index in [1.165, 1.54) is 0 Å². The van der Waals surface area contributed by atoms with Crippen LogP contribution in [0.1, 0.15) is 36.8 Å². The van der Waals surface area contributed by atoms with Gasteiger partial charge in [-0.2, -0.15) is 5.26 Å². The molecule has 0 spiro atoms. The van der Waals surface area contributed by atoms with Gasteiger partial charge in [-0.05, 0) is 49.9 Å². The number of nitriles is 1. The Bertz CT molecular complexity index is 623. The number of carbonyl (C=O) groups excluding carboxylic acids is 2. The van der Waals surface area contributed by atoms with Crippen LogP contribution >= 0.6 is 0 Å². The van der Waals surface area contributed by atoms with Crippen molar-refractivity contribution in [3.05, 3.63) is 29.3 Å². The minimum Gasteiger partial charge on any atom is -0.484 e. The lowest BCUT2D eigenvalue weighted by Gasteiger charge is -2.19. The zero-order chi connectivity index (χ0) is 16.9. The van der Waals surface area contributed by atoms with Crippen molar-refractivity contribution < 1.29 is 14.3 Å². The molecule has 2 amide bonds. The highest BCUT2D eigenvalue weighted by Gasteiger charge is 2.41. The number of hydrogen-bond donors (Lipinski definition) is 2. The standard InChI is InChI=1S/C17H21N3O3/c1-12-7-13(2)9-14(8-12)23-10-15(21)19-20-16(22)17(11-18)5-3-4-6-17/h7-9H,3-6,10H2,1-2H3,(H,19,21)(H,20,22). The SMILES string of the molecule is Cc1cc(C)cc(OCC(=O)NNC(=O)C2(C#N)CCCC2)c1. The summed E-state index contributed by atoms with van der Waals surface area (Å²) in [5.74, 6) is -0.311. The van der Waals surface area contributed by atoms with E-state index in [1.54, 1.807) is 0 Å². The van der Waals surface area contributed by atoms with Crippen LogP contribution in [-0.4, -0.2) is 18.4 Å². The van der Waals surface area contributed by atoms with Crippen molar-refractivity contribution in [3.8, 4) is 11.8 Å². The van der Waals surface area contributed by atoms with E-state index in [-0.39, 0.29) is 6.61 Å². The summed E-state index contributed by atoms with van der Waals surface area (Å²) in [6.45, 7) is 3.69. The summed E-state index contributed by atoms with van der Waals surface area (Å²) in [5, 5.41) is 9.21. The number of carbonyl (C=O) groups is 2. The third-order valence-electron chi connectivity index (χ3n) is 3.99. The number of nitrogens with one attached hydrogen (secondary N) is 2. The average molecular weight is 315 g/mol. The zero-order valence-electron chi connectivity index (χ0n) is 13.4. The molecule has 0 unspecified atom stereocenters. The molecule has 0 radical (unpaired) electrons. The summed E-state index contributed by atoms with van der Waals surface area (Å²) in [6.07, 6.45) is 2.77. The molecule has 1 aromatic carbocycles. The van der Waals surface area contributed by atoms with Crippen LogP contribution in [0.15, 0.2) is 18.2 Å². The number of aryl methyl sites for hydroxylation is 2. The Morgan fingerprint density at radius 3 is 2.35 bits per heavy atom. The summed E-state index contributed by atoms with van der Waals surface area (Å²) < 4.78 is 5.41. The lowest BCUT2D eigenvalue weighted by molar-refractivity contribution is -0.134. The van der Waals surface area contributed by atoms with Crippen LogP contribution in [0.4, 0.5) is 0 Å². The Kier molecular flexibility index (Phi) is 5.22. The number of benzene rings is 1. The van der Waals surface area contributed by atoms with Gasteiger partial charge < -0.3 is 4.74 Å². The first kappa shape index (κ1) is 16.8. The van der Waals surface area contributed by atoms with Crippen LogP contribution in [0.5, 0.6) is 5.75 Å². The lowest BCUT2D eigenvalue weighted by Crippen LogP contribution is -2.49. The Morgan fingerprint density at radius 1 is 1.17 bits per heavy atom. The third-order valence-corrected chi connectivity index (χ3v) is 3.99. The zero-order valence-corrected chi connectivity index (χ0v) is 13.4.